The number of amides is 1. The van der Waals surface area contributed by atoms with Crippen LogP contribution in [0.3, 0.4) is 0 Å². The van der Waals surface area contributed by atoms with Crippen molar-refractivity contribution in [1.82, 2.24) is 24.6 Å². The molecule has 2 aromatic heterocycles. The number of nitrogens with one attached hydrogen (secondary N) is 1. The number of carbonyl (C=O) groups excluding carboxylic acids is 1. The van der Waals surface area contributed by atoms with E-state index < -0.39 is 0 Å². The fourth-order valence-electron chi connectivity index (χ4n) is 2.00. The highest BCUT2D eigenvalue weighted by molar-refractivity contribution is 5.93. The zero-order chi connectivity index (χ0) is 14.8. The number of hydrazine groups is 1. The van der Waals surface area contributed by atoms with Crippen LogP contribution in [0.2, 0.25) is 0 Å². The number of nitrogen functional groups attached to an aromatic ring is 1. The molecule has 106 valence electrons. The van der Waals surface area contributed by atoms with Crippen molar-refractivity contribution in [2.24, 2.45) is 5.84 Å². The Morgan fingerprint density at radius 2 is 2.05 bits per heavy atom. The molecule has 2 heterocycles. The van der Waals surface area contributed by atoms with Gasteiger partial charge in [-0.3, -0.25) is 15.2 Å². The van der Waals surface area contributed by atoms with Gasteiger partial charge in [-0.25, -0.2) is 19.7 Å². The van der Waals surface area contributed by atoms with Crippen LogP contribution in [-0.2, 0) is 6.54 Å². The third kappa shape index (κ3) is 2.39. The van der Waals surface area contributed by atoms with Gasteiger partial charge in [-0.15, -0.1) is 5.10 Å². The molecule has 0 fully saturated rings. The van der Waals surface area contributed by atoms with Crippen molar-refractivity contribution < 1.29 is 4.79 Å². The zero-order valence-corrected chi connectivity index (χ0v) is 10.9. The Bertz CT molecular complexity index is 849. The van der Waals surface area contributed by atoms with Crippen molar-refractivity contribution in [2.75, 3.05) is 0 Å². The third-order valence-corrected chi connectivity index (χ3v) is 3.07. The summed E-state index contributed by atoms with van der Waals surface area (Å²) >= 11 is 0. The minimum atomic E-state index is -0.363. The first-order valence-corrected chi connectivity index (χ1v) is 6.18. The van der Waals surface area contributed by atoms with E-state index in [2.05, 4.69) is 15.5 Å². The standard InChI is InChI=1S/C13H12N6O2/c14-16-12(20)10-3-1-9(2-4-10)8-19-13(21)18-6-5-15-7-11(18)17-19/h1-7H,8,14H2,(H,16,20). The van der Waals surface area contributed by atoms with Crippen LogP contribution >= 0.6 is 0 Å². The fourth-order valence-corrected chi connectivity index (χ4v) is 2.00. The molecule has 0 atom stereocenters. The monoisotopic (exact) mass is 284 g/mol. The highest BCUT2D eigenvalue weighted by Crippen LogP contribution is 2.05. The largest absolute Gasteiger partial charge is 0.350 e. The Morgan fingerprint density at radius 3 is 2.71 bits per heavy atom. The summed E-state index contributed by atoms with van der Waals surface area (Å²) in [5.74, 6) is 4.70. The van der Waals surface area contributed by atoms with Crippen LogP contribution in [0.15, 0.2) is 47.7 Å². The van der Waals surface area contributed by atoms with Crippen molar-refractivity contribution >= 4 is 11.6 Å². The Kier molecular flexibility index (Phi) is 3.20. The molecule has 3 rings (SSSR count). The van der Waals surface area contributed by atoms with Crippen molar-refractivity contribution in [2.45, 2.75) is 6.54 Å². The lowest BCUT2D eigenvalue weighted by Crippen LogP contribution is -2.29. The molecule has 8 heteroatoms. The molecule has 0 aliphatic rings. The highest BCUT2D eigenvalue weighted by atomic mass is 16.2. The van der Waals surface area contributed by atoms with Crippen LogP contribution in [0.5, 0.6) is 0 Å². The van der Waals surface area contributed by atoms with Crippen LogP contribution in [0.4, 0.5) is 0 Å². The summed E-state index contributed by atoms with van der Waals surface area (Å²) in [6.07, 6.45) is 4.61. The van der Waals surface area contributed by atoms with E-state index >= 15 is 0 Å². The van der Waals surface area contributed by atoms with E-state index in [1.165, 1.54) is 21.5 Å². The van der Waals surface area contributed by atoms with E-state index in [1.54, 1.807) is 30.5 Å². The molecule has 21 heavy (non-hydrogen) atoms. The Labute approximate surface area is 118 Å². The number of carbonyl (C=O) groups is 1. The number of benzene rings is 1. The first-order chi connectivity index (χ1) is 10.2. The number of nitrogens with two attached hydrogens (primary N) is 1. The van der Waals surface area contributed by atoms with Gasteiger partial charge in [0, 0.05) is 18.0 Å². The normalized spacial score (nSPS) is 10.7. The highest BCUT2D eigenvalue weighted by Gasteiger charge is 2.08. The van der Waals surface area contributed by atoms with E-state index in [1.807, 2.05) is 0 Å². The van der Waals surface area contributed by atoms with Gasteiger partial charge in [-0.05, 0) is 17.7 Å². The molecule has 8 nitrogen and oxygen atoms in total. The van der Waals surface area contributed by atoms with Gasteiger partial charge in [0.2, 0.25) is 0 Å². The van der Waals surface area contributed by atoms with Crippen LogP contribution in [0, 0.1) is 0 Å². The van der Waals surface area contributed by atoms with Crippen LogP contribution in [-0.4, -0.2) is 25.1 Å². The van der Waals surface area contributed by atoms with Gasteiger partial charge in [0.05, 0.1) is 12.7 Å². The Hall–Kier alpha value is -3.00. The summed E-state index contributed by atoms with van der Waals surface area (Å²) in [6, 6.07) is 6.78. The van der Waals surface area contributed by atoms with Gasteiger partial charge in [0.15, 0.2) is 5.65 Å². The second kappa shape index (κ2) is 5.17. The van der Waals surface area contributed by atoms with Gasteiger partial charge in [-0.1, -0.05) is 12.1 Å². The maximum absolute atomic E-state index is 12.1. The first kappa shape index (κ1) is 13.0. The predicted octanol–water partition coefficient (Wildman–Crippen LogP) is -0.457. The number of hydrogen-bond acceptors (Lipinski definition) is 5. The van der Waals surface area contributed by atoms with Gasteiger partial charge in [0.25, 0.3) is 5.91 Å². The number of nitrogens with zero attached hydrogens (tertiary/aromatic N) is 4. The van der Waals surface area contributed by atoms with Gasteiger partial charge < -0.3 is 0 Å². The van der Waals surface area contributed by atoms with Crippen molar-refractivity contribution in [3.63, 3.8) is 0 Å². The maximum atomic E-state index is 12.1. The van der Waals surface area contributed by atoms with Gasteiger partial charge in [0.1, 0.15) is 0 Å². The smallest absolute Gasteiger partial charge is 0.290 e. The lowest BCUT2D eigenvalue weighted by atomic mass is 10.1. The van der Waals surface area contributed by atoms with Crippen LogP contribution in [0.1, 0.15) is 15.9 Å². The van der Waals surface area contributed by atoms with Crippen molar-refractivity contribution in [3.8, 4) is 0 Å². The molecule has 0 bridgehead atoms. The third-order valence-electron chi connectivity index (χ3n) is 3.07. The molecule has 0 spiro atoms. The summed E-state index contributed by atoms with van der Waals surface area (Å²) in [6.45, 7) is 0.311. The average Bonchev–Trinajstić information content (AvgIpc) is 2.84. The van der Waals surface area contributed by atoms with Crippen molar-refractivity contribution in [1.29, 1.82) is 0 Å². The maximum Gasteiger partial charge on any atom is 0.350 e. The predicted molar refractivity (Wildman–Crippen MR) is 74.4 cm³/mol. The van der Waals surface area contributed by atoms with Gasteiger partial charge in [-0.2, -0.15) is 0 Å². The minimum absolute atomic E-state index is 0.240. The molecule has 0 aliphatic heterocycles. The van der Waals surface area contributed by atoms with E-state index in [0.29, 0.717) is 17.8 Å². The molecule has 0 aliphatic carbocycles. The summed E-state index contributed by atoms with van der Waals surface area (Å²) in [7, 11) is 0. The van der Waals surface area contributed by atoms with Crippen LogP contribution < -0.4 is 17.0 Å². The second-order valence-corrected chi connectivity index (χ2v) is 4.42. The molecule has 0 unspecified atom stereocenters. The molecule has 0 saturated heterocycles. The number of hydrogen-bond donors (Lipinski definition) is 2. The molecular weight excluding hydrogens is 272 g/mol. The molecule has 0 radical (unpaired) electrons. The van der Waals surface area contributed by atoms with Gasteiger partial charge >= 0.3 is 5.69 Å². The van der Waals surface area contributed by atoms with E-state index in [9.17, 15) is 9.59 Å². The molecule has 1 aromatic carbocycles. The number of rotatable bonds is 3. The second-order valence-electron chi connectivity index (χ2n) is 4.42. The Morgan fingerprint density at radius 1 is 1.29 bits per heavy atom. The minimum Gasteiger partial charge on any atom is -0.290 e. The quantitative estimate of drug-likeness (QED) is 0.384. The lowest BCUT2D eigenvalue weighted by Gasteiger charge is -2.02. The zero-order valence-electron chi connectivity index (χ0n) is 10.9. The van der Waals surface area contributed by atoms with Crippen molar-refractivity contribution in [3.05, 3.63) is 64.5 Å². The van der Waals surface area contributed by atoms with E-state index in [-0.39, 0.29) is 11.6 Å². The summed E-state index contributed by atoms with van der Waals surface area (Å²) in [5, 5.41) is 4.19. The molecule has 0 saturated carbocycles. The lowest BCUT2D eigenvalue weighted by molar-refractivity contribution is 0.0953. The van der Waals surface area contributed by atoms with E-state index in [0.717, 1.165) is 5.56 Å². The molecule has 3 aromatic rings. The summed E-state index contributed by atoms with van der Waals surface area (Å²) in [4.78, 5) is 27.4. The average molecular weight is 284 g/mol. The molecule has 3 N–H and O–H groups in total. The van der Waals surface area contributed by atoms with Crippen LogP contribution in [0.25, 0.3) is 5.65 Å². The fraction of sp³-hybridized carbons (Fsp3) is 0.0769. The van der Waals surface area contributed by atoms with E-state index in [4.69, 9.17) is 5.84 Å². The number of aromatic nitrogens is 4. The SMILES string of the molecule is NNC(=O)c1ccc(Cn2nc3cnccn3c2=O)cc1. The Balaban J connectivity index is 1.90. The summed E-state index contributed by atoms with van der Waals surface area (Å²) < 4.78 is 2.76. The molecular formula is C13H12N6O2. The molecule has 1 amide bonds. The topological polar surface area (TPSA) is 107 Å². The number of fused-ring (bicyclic) bond motifs is 1. The first-order valence-electron chi connectivity index (χ1n) is 6.18. The summed E-state index contributed by atoms with van der Waals surface area (Å²) in [5.41, 5.74) is 3.61.